The van der Waals surface area contributed by atoms with Gasteiger partial charge >= 0.3 is 0 Å². The van der Waals surface area contributed by atoms with Gasteiger partial charge in [0, 0.05) is 31.7 Å². The number of aromatic nitrogens is 1. The van der Waals surface area contributed by atoms with Gasteiger partial charge in [-0.25, -0.2) is 8.78 Å². The Hall–Kier alpha value is -1.17. The molecule has 90 valence electrons. The van der Waals surface area contributed by atoms with Gasteiger partial charge in [-0.15, -0.1) is 0 Å². The molecular formula is C10H15F2N3O. The molecule has 4 nitrogen and oxygen atoms in total. The Morgan fingerprint density at radius 3 is 2.81 bits per heavy atom. The van der Waals surface area contributed by atoms with Gasteiger partial charge in [-0.2, -0.15) is 0 Å². The van der Waals surface area contributed by atoms with Crippen LogP contribution in [0.15, 0.2) is 10.6 Å². The normalized spacial score (nSPS) is 23.1. The van der Waals surface area contributed by atoms with Crippen LogP contribution in [0.4, 0.5) is 14.6 Å². The summed E-state index contributed by atoms with van der Waals surface area (Å²) in [7, 11) is 2.04. The van der Waals surface area contributed by atoms with Crippen molar-refractivity contribution in [3.8, 4) is 0 Å². The summed E-state index contributed by atoms with van der Waals surface area (Å²) in [6.07, 6.45) is -2.59. The van der Waals surface area contributed by atoms with Gasteiger partial charge in [0.15, 0.2) is 5.82 Å². The molecule has 0 aliphatic carbocycles. The first-order valence-corrected chi connectivity index (χ1v) is 5.28. The first-order valence-electron chi connectivity index (χ1n) is 5.28. The maximum atomic E-state index is 12.3. The maximum Gasteiger partial charge on any atom is 0.298 e. The number of anilines is 1. The minimum atomic E-state index is -2.59. The molecule has 0 spiro atoms. The fourth-order valence-corrected chi connectivity index (χ4v) is 2.00. The van der Waals surface area contributed by atoms with Crippen LogP contribution in [0, 0.1) is 0 Å². The van der Waals surface area contributed by atoms with Crippen molar-refractivity contribution in [3.05, 3.63) is 11.8 Å². The highest BCUT2D eigenvalue weighted by Gasteiger charge is 2.25. The van der Waals surface area contributed by atoms with Gasteiger partial charge in [0.05, 0.1) is 0 Å². The van der Waals surface area contributed by atoms with E-state index >= 15 is 0 Å². The van der Waals surface area contributed by atoms with E-state index in [4.69, 9.17) is 0 Å². The number of nitrogens with zero attached hydrogens (tertiary/aromatic N) is 3. The van der Waals surface area contributed by atoms with Crippen molar-refractivity contribution in [2.75, 3.05) is 31.6 Å². The molecule has 0 amide bonds. The topological polar surface area (TPSA) is 32.5 Å². The number of piperazine rings is 1. The van der Waals surface area contributed by atoms with E-state index in [9.17, 15) is 8.78 Å². The zero-order valence-electron chi connectivity index (χ0n) is 9.36. The third-order valence-corrected chi connectivity index (χ3v) is 2.86. The summed E-state index contributed by atoms with van der Waals surface area (Å²) >= 11 is 0. The molecule has 2 rings (SSSR count). The molecule has 1 saturated heterocycles. The van der Waals surface area contributed by atoms with Crippen molar-refractivity contribution in [3.63, 3.8) is 0 Å². The third-order valence-electron chi connectivity index (χ3n) is 2.86. The second-order valence-electron chi connectivity index (χ2n) is 4.19. The van der Waals surface area contributed by atoms with E-state index in [-0.39, 0.29) is 11.8 Å². The van der Waals surface area contributed by atoms with Gasteiger partial charge in [0.25, 0.3) is 6.43 Å². The standard InChI is InChI=1S/C10H15F2N3O/c1-7-6-14(2)3-4-15(7)9-5-8(10(11)12)16-13-9/h5,7,10H,3-4,6H2,1-2H3/t7-/m1/s1. The molecule has 2 heterocycles. The van der Waals surface area contributed by atoms with E-state index < -0.39 is 6.43 Å². The highest BCUT2D eigenvalue weighted by Crippen LogP contribution is 2.25. The molecular weight excluding hydrogens is 216 g/mol. The molecule has 1 aromatic heterocycles. The van der Waals surface area contributed by atoms with E-state index in [1.165, 1.54) is 6.07 Å². The summed E-state index contributed by atoms with van der Waals surface area (Å²) in [5, 5.41) is 3.69. The summed E-state index contributed by atoms with van der Waals surface area (Å²) in [5.74, 6) is 0.150. The highest BCUT2D eigenvalue weighted by molar-refractivity contribution is 5.40. The third kappa shape index (κ3) is 2.16. The molecule has 0 aromatic carbocycles. The minimum absolute atomic E-state index is 0.259. The molecule has 0 bridgehead atoms. The molecule has 0 saturated carbocycles. The number of hydrogen-bond acceptors (Lipinski definition) is 4. The lowest BCUT2D eigenvalue weighted by atomic mass is 10.2. The van der Waals surface area contributed by atoms with Crippen LogP contribution in [0.2, 0.25) is 0 Å². The van der Waals surface area contributed by atoms with Crippen molar-refractivity contribution < 1.29 is 13.3 Å². The lowest BCUT2D eigenvalue weighted by Crippen LogP contribution is -2.50. The highest BCUT2D eigenvalue weighted by atomic mass is 19.3. The zero-order chi connectivity index (χ0) is 11.7. The van der Waals surface area contributed by atoms with Gasteiger partial charge in [0.1, 0.15) is 0 Å². The summed E-state index contributed by atoms with van der Waals surface area (Å²) in [6.45, 7) is 4.64. The van der Waals surface area contributed by atoms with Gasteiger partial charge in [-0.1, -0.05) is 5.16 Å². The van der Waals surface area contributed by atoms with Crippen LogP contribution in [0.25, 0.3) is 0 Å². The molecule has 1 fully saturated rings. The molecule has 1 aliphatic heterocycles. The van der Waals surface area contributed by atoms with Crippen LogP contribution in [0.3, 0.4) is 0 Å². The van der Waals surface area contributed by atoms with Crippen LogP contribution >= 0.6 is 0 Å². The Morgan fingerprint density at radius 1 is 1.50 bits per heavy atom. The van der Waals surface area contributed by atoms with Crippen molar-refractivity contribution in [1.29, 1.82) is 0 Å². The van der Waals surface area contributed by atoms with Crippen LogP contribution in [0.5, 0.6) is 0 Å². The van der Waals surface area contributed by atoms with Crippen LogP contribution in [-0.4, -0.2) is 42.8 Å². The smallest absolute Gasteiger partial charge is 0.298 e. The van der Waals surface area contributed by atoms with E-state index in [0.29, 0.717) is 5.82 Å². The average molecular weight is 231 g/mol. The molecule has 1 atom stereocenters. The predicted octanol–water partition coefficient (Wildman–Crippen LogP) is 1.75. The molecule has 0 N–H and O–H groups in total. The molecule has 0 radical (unpaired) electrons. The van der Waals surface area contributed by atoms with Gasteiger partial charge in [-0.05, 0) is 14.0 Å². The lowest BCUT2D eigenvalue weighted by molar-refractivity contribution is 0.112. The number of likely N-dealkylation sites (N-methyl/N-ethyl adjacent to an activating group) is 1. The van der Waals surface area contributed by atoms with Crippen molar-refractivity contribution in [2.45, 2.75) is 19.4 Å². The first-order chi connectivity index (χ1) is 7.58. The van der Waals surface area contributed by atoms with Crippen molar-refractivity contribution in [1.82, 2.24) is 10.1 Å². The maximum absolute atomic E-state index is 12.3. The van der Waals surface area contributed by atoms with Crippen LogP contribution < -0.4 is 4.90 Å². The predicted molar refractivity (Wildman–Crippen MR) is 55.8 cm³/mol. The number of rotatable bonds is 2. The summed E-state index contributed by atoms with van der Waals surface area (Å²) < 4.78 is 29.3. The Labute approximate surface area is 92.8 Å². The number of hydrogen-bond donors (Lipinski definition) is 0. The van der Waals surface area contributed by atoms with E-state index in [2.05, 4.69) is 14.6 Å². The van der Waals surface area contributed by atoms with E-state index in [1.807, 2.05) is 18.9 Å². The van der Waals surface area contributed by atoms with Gasteiger partial charge < -0.3 is 14.3 Å². The summed E-state index contributed by atoms with van der Waals surface area (Å²) in [5.41, 5.74) is 0. The monoisotopic (exact) mass is 231 g/mol. The minimum Gasteiger partial charge on any atom is -0.353 e. The Morgan fingerprint density at radius 2 is 2.25 bits per heavy atom. The van der Waals surface area contributed by atoms with E-state index in [0.717, 1.165) is 19.6 Å². The van der Waals surface area contributed by atoms with Gasteiger partial charge in [-0.3, -0.25) is 0 Å². The fraction of sp³-hybridized carbons (Fsp3) is 0.700. The molecule has 1 aromatic rings. The summed E-state index contributed by atoms with van der Waals surface area (Å²) in [4.78, 5) is 4.20. The Balaban J connectivity index is 2.11. The SMILES string of the molecule is C[C@@H]1CN(C)CCN1c1cc(C(F)F)on1. The number of halogens is 2. The average Bonchev–Trinajstić information content (AvgIpc) is 2.66. The second kappa shape index (κ2) is 4.37. The molecule has 0 unspecified atom stereocenters. The van der Waals surface area contributed by atoms with Crippen molar-refractivity contribution in [2.24, 2.45) is 0 Å². The molecule has 6 heteroatoms. The first kappa shape index (κ1) is 11.3. The molecule has 1 aliphatic rings. The number of alkyl halides is 2. The van der Waals surface area contributed by atoms with Crippen LogP contribution in [-0.2, 0) is 0 Å². The second-order valence-corrected chi connectivity index (χ2v) is 4.19. The zero-order valence-corrected chi connectivity index (χ0v) is 9.36. The lowest BCUT2D eigenvalue weighted by Gasteiger charge is -2.37. The quantitative estimate of drug-likeness (QED) is 0.776. The Bertz CT molecular complexity index is 356. The van der Waals surface area contributed by atoms with Crippen molar-refractivity contribution >= 4 is 5.82 Å². The Kier molecular flexibility index (Phi) is 3.09. The van der Waals surface area contributed by atoms with E-state index in [1.54, 1.807) is 0 Å². The fourth-order valence-electron chi connectivity index (χ4n) is 2.00. The summed E-state index contributed by atoms with van der Waals surface area (Å²) in [6, 6.07) is 1.58. The van der Waals surface area contributed by atoms with Gasteiger partial charge in [0.2, 0.25) is 5.76 Å². The van der Waals surface area contributed by atoms with Crippen LogP contribution in [0.1, 0.15) is 19.1 Å². The largest absolute Gasteiger partial charge is 0.353 e. The molecule has 16 heavy (non-hydrogen) atoms.